The van der Waals surface area contributed by atoms with Crippen molar-refractivity contribution in [3.8, 4) is 0 Å². The van der Waals surface area contributed by atoms with Gasteiger partial charge in [-0.15, -0.1) is 0 Å². The van der Waals surface area contributed by atoms with E-state index in [4.69, 9.17) is 5.11 Å². The summed E-state index contributed by atoms with van der Waals surface area (Å²) >= 11 is 0. The summed E-state index contributed by atoms with van der Waals surface area (Å²) < 4.78 is 0. The van der Waals surface area contributed by atoms with Crippen molar-refractivity contribution in [1.82, 2.24) is 0 Å². The molecule has 0 rings (SSSR count). The van der Waals surface area contributed by atoms with Crippen molar-refractivity contribution in [2.45, 2.75) is 52.4 Å². The molecule has 1 nitrogen and oxygen atoms in total. The van der Waals surface area contributed by atoms with Gasteiger partial charge >= 0.3 is 0 Å². The molecular formula is C11H22O. The Morgan fingerprint density at radius 2 is 2.00 bits per heavy atom. The van der Waals surface area contributed by atoms with Gasteiger partial charge in [0.15, 0.2) is 0 Å². The average molecular weight is 170 g/mol. The molecule has 0 radical (unpaired) electrons. The zero-order valence-corrected chi connectivity index (χ0v) is 8.47. The number of aliphatic hydroxyl groups excluding tert-OH is 1. The van der Waals surface area contributed by atoms with E-state index in [9.17, 15) is 0 Å². The van der Waals surface area contributed by atoms with Crippen LogP contribution in [0.1, 0.15) is 52.4 Å². The largest absolute Gasteiger partial charge is 0.396 e. The Morgan fingerprint density at radius 1 is 1.25 bits per heavy atom. The molecule has 0 saturated carbocycles. The molecule has 0 bridgehead atoms. The van der Waals surface area contributed by atoms with Crippen molar-refractivity contribution in [2.24, 2.45) is 0 Å². The van der Waals surface area contributed by atoms with Gasteiger partial charge in [0.2, 0.25) is 0 Å². The van der Waals surface area contributed by atoms with E-state index in [0.717, 1.165) is 6.42 Å². The van der Waals surface area contributed by atoms with Gasteiger partial charge < -0.3 is 5.11 Å². The van der Waals surface area contributed by atoms with E-state index >= 15 is 0 Å². The minimum Gasteiger partial charge on any atom is -0.396 e. The van der Waals surface area contributed by atoms with Crippen LogP contribution in [0.2, 0.25) is 0 Å². The van der Waals surface area contributed by atoms with E-state index in [2.05, 4.69) is 19.9 Å². The molecule has 0 aliphatic heterocycles. The molecule has 0 atom stereocenters. The molecule has 0 fully saturated rings. The normalized spacial score (nSPS) is 12.1. The van der Waals surface area contributed by atoms with Crippen LogP contribution in [0.4, 0.5) is 0 Å². The fraction of sp³-hybridized carbons (Fsp3) is 0.818. The third kappa shape index (κ3) is 7.80. The van der Waals surface area contributed by atoms with E-state index in [1.54, 1.807) is 0 Å². The Balaban J connectivity index is 3.21. The molecule has 12 heavy (non-hydrogen) atoms. The first-order valence-electron chi connectivity index (χ1n) is 5.07. The molecule has 0 aliphatic carbocycles. The van der Waals surface area contributed by atoms with E-state index < -0.39 is 0 Å². The lowest BCUT2D eigenvalue weighted by Crippen LogP contribution is -1.84. The summed E-state index contributed by atoms with van der Waals surface area (Å²) in [5.41, 5.74) is 1.33. The third-order valence-electron chi connectivity index (χ3n) is 2.06. The quantitative estimate of drug-likeness (QED) is 0.459. The molecule has 0 aromatic heterocycles. The maximum absolute atomic E-state index is 8.64. The number of allylic oxidation sites excluding steroid dienone is 1. The van der Waals surface area contributed by atoms with Gasteiger partial charge in [0.1, 0.15) is 0 Å². The minimum absolute atomic E-state index is 0.289. The van der Waals surface area contributed by atoms with E-state index in [-0.39, 0.29) is 6.61 Å². The van der Waals surface area contributed by atoms with Crippen LogP contribution >= 0.6 is 0 Å². The van der Waals surface area contributed by atoms with Crippen molar-refractivity contribution in [2.75, 3.05) is 6.61 Å². The van der Waals surface area contributed by atoms with Crippen LogP contribution in [0.25, 0.3) is 0 Å². The molecule has 72 valence electrons. The summed E-state index contributed by atoms with van der Waals surface area (Å²) in [4.78, 5) is 0. The fourth-order valence-corrected chi connectivity index (χ4v) is 1.20. The van der Waals surface area contributed by atoms with E-state index in [0.29, 0.717) is 0 Å². The first-order chi connectivity index (χ1) is 5.81. The van der Waals surface area contributed by atoms with Gasteiger partial charge in [0, 0.05) is 6.61 Å². The summed E-state index contributed by atoms with van der Waals surface area (Å²) in [6, 6.07) is 0. The summed E-state index contributed by atoms with van der Waals surface area (Å²) in [6.07, 6.45) is 9.59. The molecule has 0 aromatic rings. The number of hydrogen-bond donors (Lipinski definition) is 1. The minimum atomic E-state index is 0.289. The standard InChI is InChI=1S/C11H22O/c1-3-4-5-6-7-8-11(2)9-10-12/h8,12H,3-7,9-10H2,1-2H3/b11-8+. The van der Waals surface area contributed by atoms with Crippen molar-refractivity contribution in [3.05, 3.63) is 11.6 Å². The van der Waals surface area contributed by atoms with Gasteiger partial charge in [-0.2, -0.15) is 0 Å². The predicted molar refractivity (Wildman–Crippen MR) is 54.2 cm³/mol. The molecule has 0 saturated heterocycles. The van der Waals surface area contributed by atoms with Gasteiger partial charge in [-0.05, 0) is 26.2 Å². The van der Waals surface area contributed by atoms with Gasteiger partial charge in [-0.3, -0.25) is 0 Å². The van der Waals surface area contributed by atoms with Crippen molar-refractivity contribution in [1.29, 1.82) is 0 Å². The molecule has 0 spiro atoms. The SMILES string of the molecule is CCCCCC/C=C(\C)CCO. The maximum Gasteiger partial charge on any atom is 0.0468 e. The Labute approximate surface area is 76.5 Å². The molecular weight excluding hydrogens is 148 g/mol. The number of aliphatic hydroxyl groups is 1. The number of unbranched alkanes of at least 4 members (excludes halogenated alkanes) is 4. The Bertz CT molecular complexity index is 116. The molecule has 1 heteroatoms. The van der Waals surface area contributed by atoms with Crippen LogP contribution in [0.5, 0.6) is 0 Å². The fourth-order valence-electron chi connectivity index (χ4n) is 1.20. The highest BCUT2D eigenvalue weighted by Gasteiger charge is 1.88. The third-order valence-corrected chi connectivity index (χ3v) is 2.06. The first-order valence-corrected chi connectivity index (χ1v) is 5.07. The molecule has 0 amide bonds. The second kappa shape index (κ2) is 8.79. The summed E-state index contributed by atoms with van der Waals surface area (Å²) in [7, 11) is 0. The molecule has 0 heterocycles. The van der Waals surface area contributed by atoms with Crippen LogP contribution in [-0.4, -0.2) is 11.7 Å². The lowest BCUT2D eigenvalue weighted by Gasteiger charge is -1.98. The Hall–Kier alpha value is -0.300. The van der Waals surface area contributed by atoms with Crippen LogP contribution in [-0.2, 0) is 0 Å². The van der Waals surface area contributed by atoms with Crippen molar-refractivity contribution >= 4 is 0 Å². The molecule has 0 unspecified atom stereocenters. The molecule has 0 aromatic carbocycles. The van der Waals surface area contributed by atoms with Gasteiger partial charge in [0.25, 0.3) is 0 Å². The van der Waals surface area contributed by atoms with Crippen molar-refractivity contribution < 1.29 is 5.11 Å². The highest BCUT2D eigenvalue weighted by atomic mass is 16.2. The smallest absolute Gasteiger partial charge is 0.0468 e. The lowest BCUT2D eigenvalue weighted by molar-refractivity contribution is 0.299. The average Bonchev–Trinajstić information content (AvgIpc) is 2.05. The van der Waals surface area contributed by atoms with Crippen LogP contribution < -0.4 is 0 Å². The first kappa shape index (κ1) is 11.7. The summed E-state index contributed by atoms with van der Waals surface area (Å²) in [5, 5.41) is 8.64. The topological polar surface area (TPSA) is 20.2 Å². The van der Waals surface area contributed by atoms with Gasteiger partial charge in [-0.1, -0.05) is 37.8 Å². The molecule has 0 aliphatic rings. The second-order valence-electron chi connectivity index (χ2n) is 3.37. The lowest BCUT2D eigenvalue weighted by atomic mass is 10.1. The summed E-state index contributed by atoms with van der Waals surface area (Å²) in [5.74, 6) is 0. The molecule has 1 N–H and O–H groups in total. The number of hydrogen-bond acceptors (Lipinski definition) is 1. The zero-order valence-electron chi connectivity index (χ0n) is 8.47. The van der Waals surface area contributed by atoms with Crippen molar-refractivity contribution in [3.63, 3.8) is 0 Å². The highest BCUT2D eigenvalue weighted by Crippen LogP contribution is 2.06. The second-order valence-corrected chi connectivity index (χ2v) is 3.37. The van der Waals surface area contributed by atoms with E-state index in [1.165, 1.54) is 37.7 Å². The monoisotopic (exact) mass is 170 g/mol. The summed E-state index contributed by atoms with van der Waals surface area (Å²) in [6.45, 7) is 4.61. The van der Waals surface area contributed by atoms with Crippen LogP contribution in [0.15, 0.2) is 11.6 Å². The van der Waals surface area contributed by atoms with Gasteiger partial charge in [0.05, 0.1) is 0 Å². The maximum atomic E-state index is 8.64. The Kier molecular flexibility index (Phi) is 8.57. The van der Waals surface area contributed by atoms with E-state index in [1.807, 2.05) is 0 Å². The Morgan fingerprint density at radius 3 is 2.58 bits per heavy atom. The predicted octanol–water partition coefficient (Wildman–Crippen LogP) is 3.29. The van der Waals surface area contributed by atoms with Gasteiger partial charge in [-0.25, -0.2) is 0 Å². The zero-order chi connectivity index (χ0) is 9.23. The van der Waals surface area contributed by atoms with Crippen LogP contribution in [0.3, 0.4) is 0 Å². The highest BCUT2D eigenvalue weighted by molar-refractivity contribution is 4.97. The van der Waals surface area contributed by atoms with Crippen LogP contribution in [0, 0.1) is 0 Å². The number of rotatable bonds is 7.